The smallest absolute Gasteiger partial charge is 0.266 e. The number of carbonyl (C=O) groups excluding carboxylic acids is 1. The number of nitrogens with two attached hydrogens (primary N) is 1. The van der Waals surface area contributed by atoms with Gasteiger partial charge in [-0.25, -0.2) is 4.98 Å². The molecule has 18 heavy (non-hydrogen) atoms. The van der Waals surface area contributed by atoms with Crippen LogP contribution in [0, 0.1) is 5.92 Å². The first-order valence-electron chi connectivity index (χ1n) is 6.09. The van der Waals surface area contributed by atoms with Gasteiger partial charge in [-0.3, -0.25) is 4.79 Å². The van der Waals surface area contributed by atoms with Crippen LogP contribution in [0.15, 0.2) is 18.3 Å². The van der Waals surface area contributed by atoms with Gasteiger partial charge in [0.25, 0.3) is 5.91 Å². The number of aromatic nitrogens is 1. The molecule has 0 saturated carbocycles. The molecule has 1 fully saturated rings. The molecule has 0 aliphatic carbocycles. The van der Waals surface area contributed by atoms with E-state index < -0.39 is 0 Å². The van der Waals surface area contributed by atoms with Gasteiger partial charge >= 0.3 is 0 Å². The molecule has 1 atom stereocenters. The average molecular weight is 261 g/mol. The molecule has 0 bridgehead atoms. The largest absolute Gasteiger partial charge is 0.397 e. The molecule has 2 N–H and O–H groups in total. The molecular formula is C13H15N3OS. The lowest BCUT2D eigenvalue weighted by Crippen LogP contribution is -2.28. The molecule has 94 valence electrons. The molecule has 1 amide bonds. The van der Waals surface area contributed by atoms with E-state index in [2.05, 4.69) is 11.9 Å². The molecule has 1 unspecified atom stereocenters. The van der Waals surface area contributed by atoms with Gasteiger partial charge in [0, 0.05) is 24.7 Å². The van der Waals surface area contributed by atoms with Crippen LogP contribution in [0.2, 0.25) is 0 Å². The number of amides is 1. The Kier molecular flexibility index (Phi) is 2.70. The maximum absolute atomic E-state index is 12.4. The molecule has 2 aromatic heterocycles. The second kappa shape index (κ2) is 4.24. The summed E-state index contributed by atoms with van der Waals surface area (Å²) in [5, 5.41) is 0.887. The molecule has 1 saturated heterocycles. The fourth-order valence-electron chi connectivity index (χ4n) is 2.37. The third-order valence-electron chi connectivity index (χ3n) is 3.41. The number of hydrogen-bond donors (Lipinski definition) is 1. The highest BCUT2D eigenvalue weighted by Crippen LogP contribution is 2.33. The summed E-state index contributed by atoms with van der Waals surface area (Å²) in [6.07, 6.45) is 2.80. The van der Waals surface area contributed by atoms with Crippen LogP contribution in [0.1, 0.15) is 23.0 Å². The summed E-state index contributed by atoms with van der Waals surface area (Å²) in [6, 6.07) is 3.76. The predicted octanol–water partition coefficient (Wildman–Crippen LogP) is 2.36. The van der Waals surface area contributed by atoms with Crippen molar-refractivity contribution in [2.24, 2.45) is 5.92 Å². The second-order valence-electron chi connectivity index (χ2n) is 4.85. The molecule has 4 nitrogen and oxygen atoms in total. The van der Waals surface area contributed by atoms with Crippen LogP contribution in [-0.4, -0.2) is 28.9 Å². The minimum absolute atomic E-state index is 0.0554. The van der Waals surface area contributed by atoms with Crippen molar-refractivity contribution in [3.63, 3.8) is 0 Å². The first-order chi connectivity index (χ1) is 8.66. The number of nitrogen functional groups attached to an aromatic ring is 1. The third-order valence-corrected chi connectivity index (χ3v) is 4.53. The van der Waals surface area contributed by atoms with E-state index in [-0.39, 0.29) is 5.91 Å². The van der Waals surface area contributed by atoms with Crippen molar-refractivity contribution in [1.29, 1.82) is 0 Å². The van der Waals surface area contributed by atoms with Gasteiger partial charge in [0.05, 0.1) is 5.69 Å². The molecule has 3 rings (SSSR count). The molecule has 3 heterocycles. The quantitative estimate of drug-likeness (QED) is 0.857. The van der Waals surface area contributed by atoms with Gasteiger partial charge in [-0.1, -0.05) is 6.92 Å². The molecule has 0 spiro atoms. The van der Waals surface area contributed by atoms with Gasteiger partial charge in [0.2, 0.25) is 0 Å². The van der Waals surface area contributed by atoms with Gasteiger partial charge in [0.1, 0.15) is 9.71 Å². The van der Waals surface area contributed by atoms with E-state index >= 15 is 0 Å². The number of carbonyl (C=O) groups is 1. The summed E-state index contributed by atoms with van der Waals surface area (Å²) in [4.78, 5) is 20.0. The van der Waals surface area contributed by atoms with E-state index in [0.717, 1.165) is 29.7 Å². The summed E-state index contributed by atoms with van der Waals surface area (Å²) in [5.74, 6) is 0.641. The lowest BCUT2D eigenvalue weighted by molar-refractivity contribution is 0.0794. The summed E-state index contributed by atoms with van der Waals surface area (Å²) < 4.78 is 0. The lowest BCUT2D eigenvalue weighted by atomic mass is 10.2. The minimum Gasteiger partial charge on any atom is -0.397 e. The normalized spacial score (nSPS) is 19.6. The molecule has 1 aliphatic rings. The first kappa shape index (κ1) is 11.5. The van der Waals surface area contributed by atoms with E-state index in [1.54, 1.807) is 6.20 Å². The van der Waals surface area contributed by atoms with Crippen molar-refractivity contribution < 1.29 is 4.79 Å². The number of thiophene rings is 1. The van der Waals surface area contributed by atoms with Crippen molar-refractivity contribution >= 4 is 33.1 Å². The fraction of sp³-hybridized carbons (Fsp3) is 0.385. The Morgan fingerprint density at radius 3 is 3.11 bits per heavy atom. The molecule has 0 radical (unpaired) electrons. The van der Waals surface area contributed by atoms with Crippen LogP contribution in [-0.2, 0) is 0 Å². The SMILES string of the molecule is CC1CCN(C(=O)c2sc3ncccc3c2N)C1. The van der Waals surface area contributed by atoms with Crippen molar-refractivity contribution in [3.05, 3.63) is 23.2 Å². The minimum atomic E-state index is 0.0554. The maximum atomic E-state index is 12.4. The number of fused-ring (bicyclic) bond motifs is 1. The van der Waals surface area contributed by atoms with Crippen LogP contribution in [0.3, 0.4) is 0 Å². The molecule has 0 aromatic carbocycles. The van der Waals surface area contributed by atoms with E-state index in [0.29, 0.717) is 16.5 Å². The van der Waals surface area contributed by atoms with Crippen LogP contribution in [0.5, 0.6) is 0 Å². The van der Waals surface area contributed by atoms with Crippen molar-refractivity contribution in [2.75, 3.05) is 18.8 Å². The first-order valence-corrected chi connectivity index (χ1v) is 6.90. The van der Waals surface area contributed by atoms with Crippen LogP contribution in [0.4, 0.5) is 5.69 Å². The Labute approximate surface area is 109 Å². The number of nitrogens with zero attached hydrogens (tertiary/aromatic N) is 2. The zero-order valence-electron chi connectivity index (χ0n) is 10.2. The molecular weight excluding hydrogens is 246 g/mol. The lowest BCUT2D eigenvalue weighted by Gasteiger charge is -2.14. The Morgan fingerprint density at radius 2 is 2.44 bits per heavy atom. The van der Waals surface area contributed by atoms with Gasteiger partial charge in [-0.05, 0) is 24.5 Å². The third kappa shape index (κ3) is 1.75. The van der Waals surface area contributed by atoms with Crippen LogP contribution in [0.25, 0.3) is 10.2 Å². The number of rotatable bonds is 1. The van der Waals surface area contributed by atoms with E-state index in [1.807, 2.05) is 17.0 Å². The van der Waals surface area contributed by atoms with Crippen molar-refractivity contribution in [3.8, 4) is 0 Å². The Balaban J connectivity index is 1.99. The maximum Gasteiger partial charge on any atom is 0.266 e. The molecule has 5 heteroatoms. The highest BCUT2D eigenvalue weighted by atomic mass is 32.1. The Hall–Kier alpha value is -1.62. The zero-order valence-corrected chi connectivity index (χ0v) is 11.0. The van der Waals surface area contributed by atoms with E-state index in [9.17, 15) is 4.79 Å². The number of pyridine rings is 1. The summed E-state index contributed by atoms with van der Waals surface area (Å²) >= 11 is 1.39. The Bertz CT molecular complexity index is 607. The number of hydrogen-bond acceptors (Lipinski definition) is 4. The predicted molar refractivity (Wildman–Crippen MR) is 73.7 cm³/mol. The molecule has 1 aliphatic heterocycles. The van der Waals surface area contributed by atoms with Crippen molar-refractivity contribution in [2.45, 2.75) is 13.3 Å². The second-order valence-corrected chi connectivity index (χ2v) is 5.85. The summed E-state index contributed by atoms with van der Waals surface area (Å²) in [7, 11) is 0. The zero-order chi connectivity index (χ0) is 12.7. The van der Waals surface area contributed by atoms with Gasteiger partial charge in [0.15, 0.2) is 0 Å². The summed E-state index contributed by atoms with van der Waals surface area (Å²) in [5.41, 5.74) is 6.64. The topological polar surface area (TPSA) is 59.2 Å². The highest BCUT2D eigenvalue weighted by molar-refractivity contribution is 7.21. The van der Waals surface area contributed by atoms with Gasteiger partial charge in [-0.2, -0.15) is 0 Å². The van der Waals surface area contributed by atoms with E-state index in [4.69, 9.17) is 5.73 Å². The van der Waals surface area contributed by atoms with Crippen LogP contribution >= 0.6 is 11.3 Å². The fourth-order valence-corrected chi connectivity index (χ4v) is 3.40. The number of likely N-dealkylation sites (tertiary alicyclic amines) is 1. The van der Waals surface area contributed by atoms with E-state index in [1.165, 1.54) is 11.3 Å². The van der Waals surface area contributed by atoms with Gasteiger partial charge in [-0.15, -0.1) is 11.3 Å². The average Bonchev–Trinajstić information content (AvgIpc) is 2.94. The Morgan fingerprint density at radius 1 is 1.61 bits per heavy atom. The summed E-state index contributed by atoms with van der Waals surface area (Å²) in [6.45, 7) is 3.84. The number of anilines is 1. The standard InChI is InChI=1S/C13H15N3OS/c1-8-4-6-16(7-8)13(17)11-10(14)9-3-2-5-15-12(9)18-11/h2-3,5,8H,4,6-7,14H2,1H3. The molecule has 2 aromatic rings. The highest BCUT2D eigenvalue weighted by Gasteiger charge is 2.27. The van der Waals surface area contributed by atoms with Crippen LogP contribution < -0.4 is 5.73 Å². The van der Waals surface area contributed by atoms with Crippen molar-refractivity contribution in [1.82, 2.24) is 9.88 Å². The van der Waals surface area contributed by atoms with Gasteiger partial charge < -0.3 is 10.6 Å². The monoisotopic (exact) mass is 261 g/mol.